The van der Waals surface area contributed by atoms with Crippen LogP contribution in [0.4, 0.5) is 0 Å². The second-order valence-electron chi connectivity index (χ2n) is 7.54. The smallest absolute Gasteiger partial charge is 0.225 e. The van der Waals surface area contributed by atoms with E-state index in [4.69, 9.17) is 4.74 Å². The van der Waals surface area contributed by atoms with E-state index in [1.807, 2.05) is 35.2 Å². The Balaban J connectivity index is 1.47. The maximum atomic E-state index is 12.4. The van der Waals surface area contributed by atoms with Gasteiger partial charge in [0.05, 0.1) is 31.6 Å². The Kier molecular flexibility index (Phi) is 7.24. The summed E-state index contributed by atoms with van der Waals surface area (Å²) in [6.45, 7) is 1.52. The van der Waals surface area contributed by atoms with Gasteiger partial charge in [0.15, 0.2) is 0 Å². The fraction of sp³-hybridized carbons (Fsp3) is 0.619. The first-order valence-corrected chi connectivity index (χ1v) is 10.0. The van der Waals surface area contributed by atoms with Gasteiger partial charge in [-0.3, -0.25) is 9.59 Å². The van der Waals surface area contributed by atoms with Gasteiger partial charge in [0.2, 0.25) is 11.8 Å². The van der Waals surface area contributed by atoms with Gasteiger partial charge in [-0.05, 0) is 37.7 Å². The zero-order valence-electron chi connectivity index (χ0n) is 15.8. The predicted octanol–water partition coefficient (Wildman–Crippen LogP) is 1.66. The lowest BCUT2D eigenvalue weighted by atomic mass is 9.96. The number of nitrogens with zero attached hydrogens (tertiary/aromatic N) is 1. The highest BCUT2D eigenvalue weighted by molar-refractivity contribution is 5.79. The summed E-state index contributed by atoms with van der Waals surface area (Å²) in [5.41, 5.74) is 0.956. The largest absolute Gasteiger partial charge is 0.394 e. The molecule has 0 spiro atoms. The molecule has 2 aliphatic heterocycles. The molecule has 1 aromatic rings. The second-order valence-corrected chi connectivity index (χ2v) is 7.54. The molecule has 2 aliphatic rings. The lowest BCUT2D eigenvalue weighted by Crippen LogP contribution is -2.52. The molecule has 2 heterocycles. The molecule has 0 saturated carbocycles. The number of nitrogens with one attached hydrogen (secondary N) is 1. The monoisotopic (exact) mass is 374 g/mol. The summed E-state index contributed by atoms with van der Waals surface area (Å²) in [5.74, 6) is 0.0686. The number of amides is 2. The summed E-state index contributed by atoms with van der Waals surface area (Å²) < 4.78 is 5.95. The van der Waals surface area contributed by atoms with E-state index in [-0.39, 0.29) is 30.6 Å². The molecule has 0 bridgehead atoms. The summed E-state index contributed by atoms with van der Waals surface area (Å²) in [6.07, 6.45) is 4.80. The highest BCUT2D eigenvalue weighted by Crippen LogP contribution is 2.23. The van der Waals surface area contributed by atoms with Crippen LogP contribution in [0.1, 0.15) is 44.1 Å². The number of hydrogen-bond donors (Lipinski definition) is 2. The van der Waals surface area contributed by atoms with E-state index in [1.165, 1.54) is 6.42 Å². The summed E-state index contributed by atoms with van der Waals surface area (Å²) in [4.78, 5) is 26.7. The number of piperidine rings is 1. The van der Waals surface area contributed by atoms with Gasteiger partial charge < -0.3 is 20.1 Å². The average molecular weight is 374 g/mol. The molecule has 2 amide bonds. The van der Waals surface area contributed by atoms with Crippen LogP contribution >= 0.6 is 0 Å². The maximum absolute atomic E-state index is 12.4. The van der Waals surface area contributed by atoms with E-state index in [1.54, 1.807) is 0 Å². The minimum Gasteiger partial charge on any atom is -0.394 e. The van der Waals surface area contributed by atoms with Crippen molar-refractivity contribution in [2.45, 2.75) is 63.2 Å². The van der Waals surface area contributed by atoms with Gasteiger partial charge in [0.25, 0.3) is 0 Å². The molecule has 1 aromatic carbocycles. The Hall–Kier alpha value is -1.92. The molecule has 0 radical (unpaired) electrons. The van der Waals surface area contributed by atoms with Gasteiger partial charge in [-0.2, -0.15) is 0 Å². The molecule has 148 valence electrons. The number of benzene rings is 1. The van der Waals surface area contributed by atoms with E-state index < -0.39 is 6.10 Å². The first-order chi connectivity index (χ1) is 13.2. The molecule has 0 unspecified atom stereocenters. The molecule has 2 saturated heterocycles. The number of likely N-dealkylation sites (tertiary alicyclic amines) is 1. The predicted molar refractivity (Wildman–Crippen MR) is 102 cm³/mol. The number of ether oxygens (including phenoxy) is 1. The molecular weight excluding hydrogens is 344 g/mol. The molecule has 3 rings (SSSR count). The van der Waals surface area contributed by atoms with E-state index >= 15 is 0 Å². The topological polar surface area (TPSA) is 78.9 Å². The molecule has 0 aliphatic carbocycles. The number of carbonyl (C=O) groups is 2. The first kappa shape index (κ1) is 19.8. The lowest BCUT2D eigenvalue weighted by Gasteiger charge is -2.37. The Morgan fingerprint density at radius 3 is 2.56 bits per heavy atom. The zero-order chi connectivity index (χ0) is 19.1. The van der Waals surface area contributed by atoms with Gasteiger partial charge in [-0.1, -0.05) is 30.3 Å². The normalized spacial score (nSPS) is 25.8. The summed E-state index contributed by atoms with van der Waals surface area (Å²) in [5, 5.41) is 12.7. The van der Waals surface area contributed by atoms with E-state index in [0.717, 1.165) is 31.5 Å². The molecule has 3 atom stereocenters. The quantitative estimate of drug-likeness (QED) is 0.794. The van der Waals surface area contributed by atoms with Crippen LogP contribution in [0, 0.1) is 0 Å². The summed E-state index contributed by atoms with van der Waals surface area (Å²) >= 11 is 0. The van der Waals surface area contributed by atoms with Crippen molar-refractivity contribution in [1.29, 1.82) is 0 Å². The van der Waals surface area contributed by atoms with E-state index in [2.05, 4.69) is 5.32 Å². The van der Waals surface area contributed by atoms with Crippen molar-refractivity contribution in [3.8, 4) is 0 Å². The van der Waals surface area contributed by atoms with Gasteiger partial charge in [-0.15, -0.1) is 0 Å². The molecule has 6 nitrogen and oxygen atoms in total. The number of aliphatic hydroxyl groups is 1. The van der Waals surface area contributed by atoms with Crippen LogP contribution < -0.4 is 5.32 Å². The van der Waals surface area contributed by atoms with Crippen LogP contribution in [-0.4, -0.2) is 59.8 Å². The second kappa shape index (κ2) is 9.85. The van der Waals surface area contributed by atoms with Crippen LogP contribution in [-0.2, 0) is 20.7 Å². The van der Waals surface area contributed by atoms with Crippen LogP contribution in [0.2, 0.25) is 0 Å². The van der Waals surface area contributed by atoms with Crippen LogP contribution in [0.25, 0.3) is 0 Å². The third kappa shape index (κ3) is 5.78. The zero-order valence-corrected chi connectivity index (χ0v) is 15.8. The number of carbonyl (C=O) groups excluding carboxylic acids is 2. The molecule has 2 N–H and O–H groups in total. The van der Waals surface area contributed by atoms with Crippen molar-refractivity contribution < 1.29 is 19.4 Å². The Labute approximate surface area is 160 Å². The van der Waals surface area contributed by atoms with Crippen molar-refractivity contribution in [2.75, 3.05) is 19.7 Å². The fourth-order valence-electron chi connectivity index (χ4n) is 3.95. The highest BCUT2D eigenvalue weighted by Gasteiger charge is 2.33. The Bertz CT molecular complexity index is 616. The van der Waals surface area contributed by atoms with Crippen LogP contribution in [0.15, 0.2) is 30.3 Å². The van der Waals surface area contributed by atoms with Gasteiger partial charge in [-0.25, -0.2) is 0 Å². The molecule has 27 heavy (non-hydrogen) atoms. The lowest BCUT2D eigenvalue weighted by molar-refractivity contribution is -0.143. The third-order valence-electron chi connectivity index (χ3n) is 5.46. The van der Waals surface area contributed by atoms with Gasteiger partial charge >= 0.3 is 0 Å². The molecular formula is C21H30N2O4. The minimum absolute atomic E-state index is 0.0731. The third-order valence-corrected chi connectivity index (χ3v) is 5.46. The average Bonchev–Trinajstić information content (AvgIpc) is 2.70. The van der Waals surface area contributed by atoms with Crippen molar-refractivity contribution >= 4 is 11.8 Å². The molecule has 6 heteroatoms. The number of aliphatic hydroxyl groups excluding tert-OH is 1. The first-order valence-electron chi connectivity index (χ1n) is 10.0. The van der Waals surface area contributed by atoms with Crippen LogP contribution in [0.3, 0.4) is 0 Å². The van der Waals surface area contributed by atoms with E-state index in [9.17, 15) is 14.7 Å². The fourth-order valence-corrected chi connectivity index (χ4v) is 3.95. The van der Waals surface area contributed by atoms with Crippen LogP contribution in [0.5, 0.6) is 0 Å². The van der Waals surface area contributed by atoms with Crippen molar-refractivity contribution in [1.82, 2.24) is 10.2 Å². The van der Waals surface area contributed by atoms with Crippen molar-refractivity contribution in [3.63, 3.8) is 0 Å². The van der Waals surface area contributed by atoms with Crippen molar-refractivity contribution in [3.05, 3.63) is 35.9 Å². The van der Waals surface area contributed by atoms with Gasteiger partial charge in [0.1, 0.15) is 6.10 Å². The Morgan fingerprint density at radius 1 is 1.11 bits per heavy atom. The Morgan fingerprint density at radius 2 is 1.85 bits per heavy atom. The van der Waals surface area contributed by atoms with Crippen molar-refractivity contribution in [2.24, 2.45) is 0 Å². The number of hydrogen-bond acceptors (Lipinski definition) is 4. The summed E-state index contributed by atoms with van der Waals surface area (Å²) in [6, 6.07) is 9.36. The minimum atomic E-state index is -0.461. The molecule has 0 aromatic heterocycles. The SMILES string of the molecule is O=C(Cc1ccccc1)N[C@H]1CC[C@@H](CC(=O)N2CCCCC2)O[C@@H]1CO. The standard InChI is InChI=1S/C21H30N2O4/c24-15-19-18(22-20(25)13-16-7-3-1-4-8-16)10-9-17(27-19)14-21(26)23-11-5-2-6-12-23/h1,3-4,7-8,17-19,24H,2,5-6,9-15H2,(H,22,25)/t17-,18-,19+/m0/s1. The molecule has 2 fully saturated rings. The van der Waals surface area contributed by atoms with Gasteiger partial charge in [0, 0.05) is 13.1 Å². The maximum Gasteiger partial charge on any atom is 0.225 e. The highest BCUT2D eigenvalue weighted by atomic mass is 16.5. The summed E-state index contributed by atoms with van der Waals surface area (Å²) in [7, 11) is 0. The van der Waals surface area contributed by atoms with E-state index in [0.29, 0.717) is 25.7 Å². The number of rotatable bonds is 6.